The summed E-state index contributed by atoms with van der Waals surface area (Å²) in [6.45, 7) is 0. The number of aromatic nitrogens is 2. The molecule has 0 radical (unpaired) electrons. The Hall–Kier alpha value is -4.68. The van der Waals surface area contributed by atoms with E-state index in [1.807, 2.05) is 18.3 Å². The first-order valence-electron chi connectivity index (χ1n) is 14.6. The monoisotopic (exact) mass is 782 g/mol. The van der Waals surface area contributed by atoms with E-state index in [9.17, 15) is 0 Å². The number of fused-ring (bicyclic) bond motifs is 9. The van der Waals surface area contributed by atoms with Crippen LogP contribution in [0, 0.1) is 43.2 Å². The van der Waals surface area contributed by atoms with Gasteiger partial charge >= 0.3 is 31.1 Å². The minimum absolute atomic E-state index is 0. The number of para-hydroxylation sites is 2. The Morgan fingerprint density at radius 2 is 0.977 bits per heavy atom. The van der Waals surface area contributed by atoms with Crippen molar-refractivity contribution in [2.24, 2.45) is 0 Å². The summed E-state index contributed by atoms with van der Waals surface area (Å²) in [4.78, 5) is 4.77. The summed E-state index contributed by atoms with van der Waals surface area (Å²) in [5.41, 5.74) is 6.53. The second kappa shape index (κ2) is 10.8. The fourth-order valence-electron chi connectivity index (χ4n) is 6.69. The van der Waals surface area contributed by atoms with E-state index < -0.39 is 0 Å². The van der Waals surface area contributed by atoms with Gasteiger partial charge in [-0.25, -0.2) is 6.07 Å². The Labute approximate surface area is 279 Å². The predicted octanol–water partition coefficient (Wildman–Crippen LogP) is 10.6. The number of rotatable bonds is 3. The van der Waals surface area contributed by atoms with Crippen molar-refractivity contribution >= 4 is 54.1 Å². The average molecular weight is 783 g/mol. The molecule has 0 fully saturated rings. The molecule has 2 nitrogen and oxygen atoms in total. The fourth-order valence-corrected chi connectivity index (χ4v) is 6.69. The molecule has 0 bridgehead atoms. The van der Waals surface area contributed by atoms with Gasteiger partial charge in [-0.15, -0.1) is 11.6 Å². The van der Waals surface area contributed by atoms with E-state index in [4.69, 9.17) is 4.98 Å². The Kier molecular flexibility index (Phi) is 6.60. The average Bonchev–Trinajstić information content (AvgIpc) is 3.43. The number of nitrogens with zero attached hydrogens (tertiary/aromatic N) is 2. The van der Waals surface area contributed by atoms with E-state index in [0.717, 1.165) is 33.5 Å². The summed E-state index contributed by atoms with van der Waals surface area (Å²) in [5.74, 6) is 0.776. The first kappa shape index (κ1) is 26.9. The van der Waals surface area contributed by atoms with Crippen LogP contribution in [0.4, 0.5) is 0 Å². The van der Waals surface area contributed by atoms with Gasteiger partial charge in [0.25, 0.3) is 0 Å². The summed E-state index contributed by atoms with van der Waals surface area (Å²) < 4.78 is 2.21. The molecule has 9 rings (SSSR count). The normalized spacial score (nSPS) is 11.5. The molecule has 0 N–H and O–H groups in total. The third kappa shape index (κ3) is 4.20. The van der Waals surface area contributed by atoms with Crippen molar-refractivity contribution < 1.29 is 31.1 Å². The van der Waals surface area contributed by atoms with Gasteiger partial charge in [-0.05, 0) is 62.3 Å². The second-order valence-corrected chi connectivity index (χ2v) is 11.0. The second-order valence-electron chi connectivity index (χ2n) is 11.0. The zero-order chi connectivity index (χ0) is 28.3. The molecule has 0 aliphatic rings. The van der Waals surface area contributed by atoms with Crippen LogP contribution in [0.2, 0.25) is 0 Å². The quantitative estimate of drug-likeness (QED) is 0.129. The maximum absolute atomic E-state index is 4.77. The van der Waals surface area contributed by atoms with E-state index in [1.54, 1.807) is 0 Å². The number of benzene rings is 7. The Bertz CT molecular complexity index is 2440. The molecular formula is C41H24N2U. The van der Waals surface area contributed by atoms with Crippen molar-refractivity contribution in [2.45, 2.75) is 0 Å². The molecule has 0 amide bonds. The van der Waals surface area contributed by atoms with Crippen molar-refractivity contribution in [1.82, 2.24) is 9.55 Å². The van der Waals surface area contributed by atoms with Crippen LogP contribution < -0.4 is 0 Å². The molecule has 7 aromatic carbocycles. The van der Waals surface area contributed by atoms with Crippen LogP contribution in [0.5, 0.6) is 0 Å². The van der Waals surface area contributed by atoms with Crippen molar-refractivity contribution in [3.8, 4) is 28.1 Å². The van der Waals surface area contributed by atoms with E-state index >= 15 is 0 Å². The first-order chi connectivity index (χ1) is 21.3. The SMILES string of the molecule is [U+2].[c-]1ccc(-c2ccc3c4ccccc4c4ccccc4c3c2)cc1-c1[c-]c(-n2c3ccccc3c3ccccc32)ncc1. The van der Waals surface area contributed by atoms with Gasteiger partial charge in [-0.1, -0.05) is 97.1 Å². The van der Waals surface area contributed by atoms with Crippen LogP contribution in [0.1, 0.15) is 0 Å². The van der Waals surface area contributed by atoms with Gasteiger partial charge < -0.3 is 4.57 Å². The summed E-state index contributed by atoms with van der Waals surface area (Å²) in [6.07, 6.45) is 1.87. The topological polar surface area (TPSA) is 17.8 Å². The van der Waals surface area contributed by atoms with E-state index in [1.165, 1.54) is 48.7 Å². The van der Waals surface area contributed by atoms with Gasteiger partial charge in [0.2, 0.25) is 0 Å². The van der Waals surface area contributed by atoms with Crippen molar-refractivity contribution in [1.29, 1.82) is 0 Å². The standard InChI is InChI=1S/C41H24N2.U/c1-2-14-33-31(12-1)32-13-3-4-15-34(32)38-25-29(20-21-35(33)38)27-10-9-11-28(24-27)30-22-23-42-41(26-30)43-39-18-7-5-16-36(39)37-17-6-8-19-40(37)43;/h1-10,12-25H;/q-2;+2. The van der Waals surface area contributed by atoms with Crippen LogP contribution in [0.15, 0.2) is 146 Å². The van der Waals surface area contributed by atoms with Gasteiger partial charge in [0.15, 0.2) is 0 Å². The molecule has 0 aliphatic carbocycles. The summed E-state index contributed by atoms with van der Waals surface area (Å²) >= 11 is 0. The minimum atomic E-state index is 0. The number of hydrogen-bond donors (Lipinski definition) is 0. The molecular weight excluding hydrogens is 758 g/mol. The van der Waals surface area contributed by atoms with Crippen LogP contribution in [0.25, 0.3) is 82.2 Å². The molecule has 2 heterocycles. The molecule has 202 valence electrons. The van der Waals surface area contributed by atoms with E-state index in [2.05, 4.69) is 144 Å². The zero-order valence-electron chi connectivity index (χ0n) is 23.8. The third-order valence-corrected chi connectivity index (χ3v) is 8.65. The van der Waals surface area contributed by atoms with Gasteiger partial charge in [-0.2, -0.15) is 24.3 Å². The van der Waals surface area contributed by atoms with Crippen molar-refractivity contribution in [3.63, 3.8) is 0 Å². The number of pyridine rings is 1. The molecule has 0 aliphatic heterocycles. The molecule has 44 heavy (non-hydrogen) atoms. The Balaban J connectivity index is 0.00000289. The van der Waals surface area contributed by atoms with Gasteiger partial charge in [-0.3, -0.25) is 16.1 Å². The maximum Gasteiger partial charge on any atom is 2.00 e. The summed E-state index contributed by atoms with van der Waals surface area (Å²) in [7, 11) is 0. The molecule has 0 saturated heterocycles. The molecule has 0 unspecified atom stereocenters. The minimum Gasteiger partial charge on any atom is -0.305 e. The van der Waals surface area contributed by atoms with Gasteiger partial charge in [0.1, 0.15) is 0 Å². The van der Waals surface area contributed by atoms with Crippen molar-refractivity contribution in [3.05, 3.63) is 158 Å². The smallest absolute Gasteiger partial charge is 0.305 e. The molecule has 0 atom stereocenters. The predicted molar refractivity (Wildman–Crippen MR) is 180 cm³/mol. The Morgan fingerprint density at radius 1 is 0.455 bits per heavy atom. The molecule has 0 spiro atoms. The maximum atomic E-state index is 4.77. The molecule has 9 aromatic rings. The van der Waals surface area contributed by atoms with Crippen LogP contribution >= 0.6 is 0 Å². The zero-order valence-corrected chi connectivity index (χ0v) is 27.9. The molecule has 3 heteroatoms. The largest absolute Gasteiger partial charge is 2.00 e. The number of hydrogen-bond acceptors (Lipinski definition) is 1. The van der Waals surface area contributed by atoms with Crippen LogP contribution in [-0.4, -0.2) is 9.55 Å². The fraction of sp³-hybridized carbons (Fsp3) is 0. The molecule has 2 aromatic heterocycles. The third-order valence-electron chi connectivity index (χ3n) is 8.65. The van der Waals surface area contributed by atoms with E-state index in [-0.39, 0.29) is 31.1 Å². The van der Waals surface area contributed by atoms with Gasteiger partial charge in [0, 0.05) is 10.8 Å². The van der Waals surface area contributed by atoms with E-state index in [0.29, 0.717) is 0 Å². The van der Waals surface area contributed by atoms with Gasteiger partial charge in [0.05, 0.1) is 16.9 Å². The molecule has 0 saturated carbocycles. The first-order valence-corrected chi connectivity index (χ1v) is 14.6. The summed E-state index contributed by atoms with van der Waals surface area (Å²) in [5, 5.41) is 10.1. The van der Waals surface area contributed by atoms with Crippen LogP contribution in [0.3, 0.4) is 0 Å². The van der Waals surface area contributed by atoms with Crippen molar-refractivity contribution in [2.75, 3.05) is 0 Å². The van der Waals surface area contributed by atoms with Crippen LogP contribution in [-0.2, 0) is 0 Å². The summed E-state index contributed by atoms with van der Waals surface area (Å²) in [6, 6.07) is 56.7. The Morgan fingerprint density at radius 3 is 1.61 bits per heavy atom.